The number of hydrogen-bond acceptors (Lipinski definition) is 4. The van der Waals surface area contributed by atoms with E-state index >= 15 is 0 Å². The lowest BCUT2D eigenvalue weighted by Gasteiger charge is -2.30. The Morgan fingerprint density at radius 3 is 2.62 bits per heavy atom. The number of anilines is 1. The minimum absolute atomic E-state index is 0.0855. The number of carbonyl (C=O) groups excluding carboxylic acids is 1. The molecule has 2 N–H and O–H groups in total. The number of nitrogens with zero attached hydrogens (tertiary/aromatic N) is 2. The van der Waals surface area contributed by atoms with Crippen molar-refractivity contribution in [2.75, 3.05) is 24.2 Å². The van der Waals surface area contributed by atoms with Gasteiger partial charge in [0.05, 0.1) is 5.75 Å². The van der Waals surface area contributed by atoms with Gasteiger partial charge < -0.3 is 5.32 Å². The highest BCUT2D eigenvalue weighted by atomic mass is 32.2. The summed E-state index contributed by atoms with van der Waals surface area (Å²) in [6.45, 7) is 4.46. The second-order valence-corrected chi connectivity index (χ2v) is 7.45. The molecule has 1 fully saturated rings. The summed E-state index contributed by atoms with van der Waals surface area (Å²) in [4.78, 5) is 12.2. The highest BCUT2D eigenvalue weighted by Crippen LogP contribution is 2.21. The fourth-order valence-corrected chi connectivity index (χ4v) is 3.55. The third-order valence-electron chi connectivity index (χ3n) is 3.85. The van der Waals surface area contributed by atoms with Crippen LogP contribution in [0.3, 0.4) is 0 Å². The molecular formula is C13H22N4O3S. The lowest BCUT2D eigenvalue weighted by Crippen LogP contribution is -2.42. The summed E-state index contributed by atoms with van der Waals surface area (Å²) in [5.41, 5.74) is 0.967. The molecular weight excluding hydrogens is 292 g/mol. The number of rotatable bonds is 5. The molecule has 0 aliphatic carbocycles. The van der Waals surface area contributed by atoms with Gasteiger partial charge in [0, 0.05) is 30.8 Å². The van der Waals surface area contributed by atoms with Crippen molar-refractivity contribution in [3.8, 4) is 0 Å². The van der Waals surface area contributed by atoms with Gasteiger partial charge in [0.1, 0.15) is 0 Å². The van der Waals surface area contributed by atoms with Crippen LogP contribution in [0, 0.1) is 5.92 Å². The highest BCUT2D eigenvalue weighted by Gasteiger charge is 2.30. The van der Waals surface area contributed by atoms with Gasteiger partial charge >= 0.3 is 0 Å². The van der Waals surface area contributed by atoms with Gasteiger partial charge in [0.2, 0.25) is 15.9 Å². The van der Waals surface area contributed by atoms with E-state index in [1.165, 1.54) is 4.31 Å². The number of H-pyrrole nitrogens is 1. The van der Waals surface area contributed by atoms with E-state index < -0.39 is 10.0 Å². The van der Waals surface area contributed by atoms with Gasteiger partial charge in [0.25, 0.3) is 0 Å². The van der Waals surface area contributed by atoms with E-state index in [4.69, 9.17) is 0 Å². The van der Waals surface area contributed by atoms with Crippen molar-refractivity contribution in [1.29, 1.82) is 0 Å². The Morgan fingerprint density at radius 2 is 2.10 bits per heavy atom. The van der Waals surface area contributed by atoms with Crippen LogP contribution < -0.4 is 5.32 Å². The predicted molar refractivity (Wildman–Crippen MR) is 80.4 cm³/mol. The molecule has 0 bridgehead atoms. The van der Waals surface area contributed by atoms with Crippen LogP contribution in [0.4, 0.5) is 5.82 Å². The third-order valence-corrected chi connectivity index (χ3v) is 5.73. The van der Waals surface area contributed by atoms with Crippen molar-refractivity contribution in [2.45, 2.75) is 33.1 Å². The van der Waals surface area contributed by atoms with E-state index in [1.54, 1.807) is 6.92 Å². The number of aromatic amines is 1. The molecule has 118 valence electrons. The molecule has 1 saturated heterocycles. The second kappa shape index (κ2) is 6.57. The largest absolute Gasteiger partial charge is 0.309 e. The van der Waals surface area contributed by atoms with Gasteiger partial charge in [-0.25, -0.2) is 12.7 Å². The first kappa shape index (κ1) is 16.0. The van der Waals surface area contributed by atoms with Gasteiger partial charge in [-0.1, -0.05) is 6.92 Å². The van der Waals surface area contributed by atoms with Crippen LogP contribution in [0.5, 0.6) is 0 Å². The molecule has 8 heteroatoms. The monoisotopic (exact) mass is 314 g/mol. The summed E-state index contributed by atoms with van der Waals surface area (Å²) in [6, 6.07) is 1.81. The molecule has 1 amide bonds. The van der Waals surface area contributed by atoms with Gasteiger partial charge in [-0.2, -0.15) is 5.10 Å². The second-order valence-electron chi connectivity index (χ2n) is 5.20. The molecule has 1 aromatic heterocycles. The number of aromatic nitrogens is 2. The molecule has 1 aliphatic heterocycles. The summed E-state index contributed by atoms with van der Waals surface area (Å²) in [5, 5.41) is 9.66. The fraction of sp³-hybridized carbons (Fsp3) is 0.692. The molecule has 0 unspecified atom stereocenters. The highest BCUT2D eigenvalue weighted by molar-refractivity contribution is 7.89. The SMILES string of the molecule is CCc1cc(NC(=O)C2CCN(S(=O)(=O)CC)CC2)n[nH]1. The first-order chi connectivity index (χ1) is 9.96. The third kappa shape index (κ3) is 3.82. The van der Waals surface area contributed by atoms with Crippen LogP contribution in [0.25, 0.3) is 0 Å². The van der Waals surface area contributed by atoms with Crippen LogP contribution in [-0.4, -0.2) is 47.7 Å². The standard InChI is InChI=1S/C13H22N4O3S/c1-3-11-9-12(16-15-11)14-13(18)10-5-7-17(8-6-10)21(19,20)4-2/h9-10H,3-8H2,1-2H3,(H2,14,15,16,18). The van der Waals surface area contributed by atoms with E-state index in [2.05, 4.69) is 15.5 Å². The van der Waals surface area contributed by atoms with Crippen molar-refractivity contribution >= 4 is 21.7 Å². The molecule has 2 rings (SSSR count). The van der Waals surface area contributed by atoms with Crippen LogP contribution in [0.15, 0.2) is 6.07 Å². The minimum Gasteiger partial charge on any atom is -0.309 e. The number of amides is 1. The topological polar surface area (TPSA) is 95.2 Å². The summed E-state index contributed by atoms with van der Waals surface area (Å²) in [7, 11) is -3.15. The Morgan fingerprint density at radius 1 is 1.43 bits per heavy atom. The minimum atomic E-state index is -3.15. The normalized spacial score (nSPS) is 17.8. The summed E-state index contributed by atoms with van der Waals surface area (Å²) in [6.07, 6.45) is 1.93. The summed E-state index contributed by atoms with van der Waals surface area (Å²) in [5.74, 6) is 0.393. The zero-order valence-corrected chi connectivity index (χ0v) is 13.2. The zero-order chi connectivity index (χ0) is 15.5. The first-order valence-corrected chi connectivity index (χ1v) is 8.90. The molecule has 1 aromatic rings. The van der Waals surface area contributed by atoms with E-state index in [0.717, 1.165) is 12.1 Å². The maximum atomic E-state index is 12.2. The van der Waals surface area contributed by atoms with Crippen molar-refractivity contribution in [1.82, 2.24) is 14.5 Å². The van der Waals surface area contributed by atoms with Gasteiger partial charge in [-0.05, 0) is 26.2 Å². The van der Waals surface area contributed by atoms with Crippen molar-refractivity contribution < 1.29 is 13.2 Å². The maximum absolute atomic E-state index is 12.2. The zero-order valence-electron chi connectivity index (χ0n) is 12.4. The number of hydrogen-bond donors (Lipinski definition) is 2. The van der Waals surface area contributed by atoms with Crippen LogP contribution in [0.2, 0.25) is 0 Å². The van der Waals surface area contributed by atoms with Crippen molar-refractivity contribution in [2.24, 2.45) is 5.92 Å². The van der Waals surface area contributed by atoms with Gasteiger partial charge in [-0.3, -0.25) is 9.89 Å². The lowest BCUT2D eigenvalue weighted by atomic mass is 9.97. The number of piperidine rings is 1. The quantitative estimate of drug-likeness (QED) is 0.846. The molecule has 0 atom stereocenters. The Bertz CT molecular complexity index is 588. The van der Waals surface area contributed by atoms with Crippen molar-refractivity contribution in [3.05, 3.63) is 11.8 Å². The fourth-order valence-electron chi connectivity index (χ4n) is 2.41. The van der Waals surface area contributed by atoms with Crippen LogP contribution >= 0.6 is 0 Å². The van der Waals surface area contributed by atoms with E-state index in [-0.39, 0.29) is 17.6 Å². The van der Waals surface area contributed by atoms with Gasteiger partial charge in [-0.15, -0.1) is 0 Å². The first-order valence-electron chi connectivity index (χ1n) is 7.29. The van der Waals surface area contributed by atoms with Crippen LogP contribution in [-0.2, 0) is 21.2 Å². The predicted octanol–water partition coefficient (Wildman–Crippen LogP) is 0.972. The Labute approximate surface area is 125 Å². The number of nitrogens with one attached hydrogen (secondary N) is 2. The summed E-state index contributed by atoms with van der Waals surface area (Å²) >= 11 is 0. The molecule has 0 saturated carbocycles. The average molecular weight is 314 g/mol. The van der Waals surface area contributed by atoms with E-state index in [1.807, 2.05) is 13.0 Å². The van der Waals surface area contributed by atoms with Gasteiger partial charge in [0.15, 0.2) is 5.82 Å². The molecule has 21 heavy (non-hydrogen) atoms. The summed E-state index contributed by atoms with van der Waals surface area (Å²) < 4.78 is 25.0. The molecule has 1 aliphatic rings. The molecule has 0 aromatic carbocycles. The van der Waals surface area contributed by atoms with Crippen LogP contribution in [0.1, 0.15) is 32.4 Å². The van der Waals surface area contributed by atoms with E-state index in [9.17, 15) is 13.2 Å². The molecule has 0 spiro atoms. The maximum Gasteiger partial charge on any atom is 0.228 e. The smallest absolute Gasteiger partial charge is 0.228 e. The number of carbonyl (C=O) groups is 1. The Kier molecular flexibility index (Phi) is 5.00. The van der Waals surface area contributed by atoms with E-state index in [0.29, 0.717) is 31.7 Å². The van der Waals surface area contributed by atoms with Crippen molar-refractivity contribution in [3.63, 3.8) is 0 Å². The number of aryl methyl sites for hydroxylation is 1. The Hall–Kier alpha value is -1.41. The molecule has 7 nitrogen and oxygen atoms in total. The number of sulfonamides is 1. The lowest BCUT2D eigenvalue weighted by molar-refractivity contribution is -0.120. The molecule has 0 radical (unpaired) electrons. The average Bonchev–Trinajstić information content (AvgIpc) is 2.95. The molecule has 2 heterocycles. The Balaban J connectivity index is 1.88.